The SMILES string of the molecule is CN(Cc1cn(C)c2cccc(F)c12)C(=O)C=Cc1ccc(N)nc1. The highest BCUT2D eigenvalue weighted by atomic mass is 19.1. The summed E-state index contributed by atoms with van der Waals surface area (Å²) in [6, 6.07) is 8.43. The quantitative estimate of drug-likeness (QED) is 0.744. The van der Waals surface area contributed by atoms with Crippen LogP contribution in [0.3, 0.4) is 0 Å². The van der Waals surface area contributed by atoms with E-state index in [4.69, 9.17) is 5.73 Å². The predicted molar refractivity (Wildman–Crippen MR) is 97.0 cm³/mol. The van der Waals surface area contributed by atoms with Crippen LogP contribution in [0.15, 0.2) is 48.8 Å². The molecule has 0 aliphatic carbocycles. The van der Waals surface area contributed by atoms with Crippen molar-refractivity contribution in [1.82, 2.24) is 14.5 Å². The van der Waals surface area contributed by atoms with E-state index in [2.05, 4.69) is 4.98 Å². The second-order valence-corrected chi connectivity index (χ2v) is 5.94. The van der Waals surface area contributed by atoms with Gasteiger partial charge in [0.25, 0.3) is 0 Å². The number of aryl methyl sites for hydroxylation is 1. The number of pyridine rings is 1. The Labute approximate surface area is 145 Å². The molecule has 25 heavy (non-hydrogen) atoms. The minimum absolute atomic E-state index is 0.176. The summed E-state index contributed by atoms with van der Waals surface area (Å²) in [5.74, 6) is -0.0267. The largest absolute Gasteiger partial charge is 0.384 e. The van der Waals surface area contributed by atoms with E-state index in [1.54, 1.807) is 42.4 Å². The number of halogens is 1. The van der Waals surface area contributed by atoms with Crippen molar-refractivity contribution in [2.75, 3.05) is 12.8 Å². The van der Waals surface area contributed by atoms with Crippen LogP contribution in [0.2, 0.25) is 0 Å². The number of fused-ring (bicyclic) bond motifs is 1. The summed E-state index contributed by atoms with van der Waals surface area (Å²) in [7, 11) is 3.55. The van der Waals surface area contributed by atoms with Crippen LogP contribution in [0.1, 0.15) is 11.1 Å². The molecule has 128 valence electrons. The maximum absolute atomic E-state index is 14.2. The van der Waals surface area contributed by atoms with E-state index in [0.29, 0.717) is 17.7 Å². The van der Waals surface area contributed by atoms with Gasteiger partial charge in [-0.1, -0.05) is 6.07 Å². The van der Waals surface area contributed by atoms with Gasteiger partial charge in [0.05, 0.1) is 5.52 Å². The Hall–Kier alpha value is -3.15. The third-order valence-electron chi connectivity index (χ3n) is 4.05. The Morgan fingerprint density at radius 3 is 2.88 bits per heavy atom. The lowest BCUT2D eigenvalue weighted by atomic mass is 10.1. The van der Waals surface area contributed by atoms with Crippen LogP contribution in [-0.2, 0) is 18.4 Å². The normalized spacial score (nSPS) is 11.3. The van der Waals surface area contributed by atoms with Crippen LogP contribution in [0, 0.1) is 5.82 Å². The van der Waals surface area contributed by atoms with Crippen LogP contribution in [0.25, 0.3) is 17.0 Å². The van der Waals surface area contributed by atoms with Gasteiger partial charge in [-0.15, -0.1) is 0 Å². The molecule has 0 radical (unpaired) electrons. The first-order chi connectivity index (χ1) is 12.0. The predicted octanol–water partition coefficient (Wildman–Crippen LogP) is 2.97. The topological polar surface area (TPSA) is 64.2 Å². The zero-order chi connectivity index (χ0) is 18.0. The van der Waals surface area contributed by atoms with Gasteiger partial charge in [0, 0.05) is 44.5 Å². The minimum Gasteiger partial charge on any atom is -0.384 e. The molecule has 0 fully saturated rings. The van der Waals surface area contributed by atoms with Crippen molar-refractivity contribution in [2.45, 2.75) is 6.54 Å². The molecule has 0 aliphatic rings. The summed E-state index contributed by atoms with van der Waals surface area (Å²) in [6.07, 6.45) is 6.59. The van der Waals surface area contributed by atoms with E-state index in [1.165, 1.54) is 12.1 Å². The smallest absolute Gasteiger partial charge is 0.246 e. The number of likely N-dealkylation sites (N-methyl/N-ethyl adjacent to an activating group) is 1. The van der Waals surface area contributed by atoms with E-state index in [-0.39, 0.29) is 11.7 Å². The van der Waals surface area contributed by atoms with Crippen LogP contribution < -0.4 is 5.73 Å². The zero-order valence-electron chi connectivity index (χ0n) is 14.1. The van der Waals surface area contributed by atoms with E-state index >= 15 is 0 Å². The van der Waals surface area contributed by atoms with Gasteiger partial charge in [-0.2, -0.15) is 0 Å². The molecule has 0 atom stereocenters. The highest BCUT2D eigenvalue weighted by molar-refractivity contribution is 5.92. The van der Waals surface area contributed by atoms with Gasteiger partial charge in [-0.3, -0.25) is 4.79 Å². The molecule has 1 aromatic carbocycles. The van der Waals surface area contributed by atoms with Crippen molar-refractivity contribution in [2.24, 2.45) is 7.05 Å². The van der Waals surface area contributed by atoms with E-state index in [0.717, 1.165) is 16.6 Å². The Morgan fingerprint density at radius 1 is 1.36 bits per heavy atom. The average Bonchev–Trinajstić information content (AvgIpc) is 2.91. The molecular weight excluding hydrogens is 319 g/mol. The molecule has 3 rings (SSSR count). The molecule has 0 saturated carbocycles. The molecule has 3 aromatic rings. The van der Waals surface area contributed by atoms with E-state index in [9.17, 15) is 9.18 Å². The monoisotopic (exact) mass is 338 g/mol. The Balaban J connectivity index is 1.77. The van der Waals surface area contributed by atoms with Gasteiger partial charge >= 0.3 is 0 Å². The summed E-state index contributed by atoms with van der Waals surface area (Å²) < 4.78 is 16.0. The van der Waals surface area contributed by atoms with Crippen LogP contribution >= 0.6 is 0 Å². The third-order valence-corrected chi connectivity index (χ3v) is 4.05. The first kappa shape index (κ1) is 16.7. The molecule has 0 unspecified atom stereocenters. The Morgan fingerprint density at radius 2 is 2.16 bits per heavy atom. The van der Waals surface area contributed by atoms with Crippen molar-refractivity contribution in [3.63, 3.8) is 0 Å². The fraction of sp³-hybridized carbons (Fsp3) is 0.158. The number of amides is 1. The van der Waals surface area contributed by atoms with Gasteiger partial charge in [0.2, 0.25) is 5.91 Å². The van der Waals surface area contributed by atoms with Crippen LogP contribution in [-0.4, -0.2) is 27.4 Å². The molecule has 1 amide bonds. The number of anilines is 1. The molecule has 0 spiro atoms. The molecular formula is C19H19FN4O. The second-order valence-electron chi connectivity index (χ2n) is 5.94. The number of benzene rings is 1. The lowest BCUT2D eigenvalue weighted by molar-refractivity contribution is -0.125. The minimum atomic E-state index is -0.280. The van der Waals surface area contributed by atoms with Crippen molar-refractivity contribution in [3.8, 4) is 0 Å². The van der Waals surface area contributed by atoms with E-state index in [1.807, 2.05) is 23.9 Å². The number of rotatable bonds is 4. The molecule has 2 heterocycles. The van der Waals surface area contributed by atoms with Gasteiger partial charge < -0.3 is 15.2 Å². The molecule has 0 bridgehead atoms. The standard InChI is InChI=1S/C19H19FN4O/c1-23-11-14(19-15(20)4-3-5-16(19)23)12-24(2)18(25)9-7-13-6-8-17(21)22-10-13/h3-11H,12H2,1-2H3,(H2,21,22). The number of aromatic nitrogens is 2. The zero-order valence-corrected chi connectivity index (χ0v) is 14.1. The van der Waals surface area contributed by atoms with Crippen LogP contribution in [0.5, 0.6) is 0 Å². The first-order valence-corrected chi connectivity index (χ1v) is 7.83. The van der Waals surface area contributed by atoms with E-state index < -0.39 is 0 Å². The molecule has 2 aromatic heterocycles. The number of carbonyl (C=O) groups is 1. The summed E-state index contributed by atoms with van der Waals surface area (Å²) in [5.41, 5.74) is 7.89. The molecule has 0 saturated heterocycles. The summed E-state index contributed by atoms with van der Waals surface area (Å²) in [5, 5.41) is 0.552. The molecule has 0 aliphatic heterocycles. The van der Waals surface area contributed by atoms with Gasteiger partial charge in [-0.05, 0) is 41.5 Å². The number of nitrogens with two attached hydrogens (primary N) is 1. The average molecular weight is 338 g/mol. The number of carbonyl (C=O) groups excluding carboxylic acids is 1. The van der Waals surface area contributed by atoms with Crippen molar-refractivity contribution >= 4 is 28.7 Å². The number of hydrogen-bond acceptors (Lipinski definition) is 3. The summed E-state index contributed by atoms with van der Waals surface area (Å²) >= 11 is 0. The Kier molecular flexibility index (Phi) is 4.52. The third kappa shape index (κ3) is 3.52. The maximum Gasteiger partial charge on any atom is 0.246 e. The lowest BCUT2D eigenvalue weighted by Gasteiger charge is -2.14. The molecule has 2 N–H and O–H groups in total. The lowest BCUT2D eigenvalue weighted by Crippen LogP contribution is -2.24. The van der Waals surface area contributed by atoms with Crippen LogP contribution in [0.4, 0.5) is 10.2 Å². The van der Waals surface area contributed by atoms with Gasteiger partial charge in [0.15, 0.2) is 0 Å². The fourth-order valence-corrected chi connectivity index (χ4v) is 2.76. The highest BCUT2D eigenvalue weighted by Gasteiger charge is 2.14. The summed E-state index contributed by atoms with van der Waals surface area (Å²) in [6.45, 7) is 0.321. The summed E-state index contributed by atoms with van der Waals surface area (Å²) in [4.78, 5) is 17.8. The second kappa shape index (κ2) is 6.76. The highest BCUT2D eigenvalue weighted by Crippen LogP contribution is 2.24. The number of hydrogen-bond donors (Lipinski definition) is 1. The molecule has 6 heteroatoms. The van der Waals surface area contributed by atoms with Crippen molar-refractivity contribution in [1.29, 1.82) is 0 Å². The number of nitrogens with zero attached hydrogens (tertiary/aromatic N) is 3. The maximum atomic E-state index is 14.2. The van der Waals surface area contributed by atoms with Gasteiger partial charge in [0.1, 0.15) is 11.6 Å². The van der Waals surface area contributed by atoms with Crippen molar-refractivity contribution in [3.05, 3.63) is 65.7 Å². The first-order valence-electron chi connectivity index (χ1n) is 7.83. The fourth-order valence-electron chi connectivity index (χ4n) is 2.76. The van der Waals surface area contributed by atoms with Crippen molar-refractivity contribution < 1.29 is 9.18 Å². The Bertz CT molecular complexity index is 944. The molecule has 5 nitrogen and oxygen atoms in total. The number of nitrogen functional groups attached to an aromatic ring is 1. The van der Waals surface area contributed by atoms with Gasteiger partial charge in [-0.25, -0.2) is 9.37 Å².